The third-order valence-corrected chi connectivity index (χ3v) is 4.85. The molecule has 122 valence electrons. The molecule has 0 unspecified atom stereocenters. The summed E-state index contributed by atoms with van der Waals surface area (Å²) in [6.45, 7) is 4.67. The van der Waals surface area contributed by atoms with Crippen LogP contribution in [0.3, 0.4) is 0 Å². The molecule has 0 aromatic heterocycles. The number of aromatic hydroxyl groups is 1. The van der Waals surface area contributed by atoms with Gasteiger partial charge < -0.3 is 9.84 Å². The number of phenols is 1. The van der Waals surface area contributed by atoms with Gasteiger partial charge in [0.2, 0.25) is 0 Å². The number of ether oxygens (including phenoxy) is 1. The molecule has 1 N–H and O–H groups in total. The van der Waals surface area contributed by atoms with Crippen molar-refractivity contribution in [2.24, 2.45) is 0 Å². The normalized spacial score (nSPS) is 17.0. The number of nitrogens with zero attached hydrogens (tertiary/aromatic N) is 1. The second kappa shape index (κ2) is 7.05. The third kappa shape index (κ3) is 3.50. The zero-order valence-corrected chi connectivity index (χ0v) is 14.0. The number of rotatable bonds is 4. The van der Waals surface area contributed by atoms with Crippen LogP contribution in [-0.4, -0.2) is 30.2 Å². The highest BCUT2D eigenvalue weighted by Crippen LogP contribution is 2.33. The molecule has 3 nitrogen and oxygen atoms in total. The predicted molar refractivity (Wildman–Crippen MR) is 93.9 cm³/mol. The first-order chi connectivity index (χ1) is 11.2. The van der Waals surface area contributed by atoms with Crippen molar-refractivity contribution in [2.45, 2.75) is 32.2 Å². The van der Waals surface area contributed by atoms with E-state index in [4.69, 9.17) is 4.74 Å². The summed E-state index contributed by atoms with van der Waals surface area (Å²) in [5, 5.41) is 10.1. The van der Waals surface area contributed by atoms with Crippen LogP contribution in [0, 0.1) is 0 Å². The Morgan fingerprint density at radius 3 is 2.35 bits per heavy atom. The van der Waals surface area contributed by atoms with Gasteiger partial charge >= 0.3 is 0 Å². The second-order valence-corrected chi connectivity index (χ2v) is 6.28. The zero-order valence-electron chi connectivity index (χ0n) is 14.0. The summed E-state index contributed by atoms with van der Waals surface area (Å²) in [5.41, 5.74) is 3.15. The van der Waals surface area contributed by atoms with Gasteiger partial charge in [0.05, 0.1) is 7.11 Å². The van der Waals surface area contributed by atoms with E-state index in [1.54, 1.807) is 19.2 Å². The fourth-order valence-electron chi connectivity index (χ4n) is 3.33. The minimum Gasteiger partial charge on any atom is -0.507 e. The number of methoxy groups -OCH3 is 1. The van der Waals surface area contributed by atoms with Gasteiger partial charge in [-0.15, -0.1) is 0 Å². The van der Waals surface area contributed by atoms with E-state index in [2.05, 4.69) is 36.1 Å². The van der Waals surface area contributed by atoms with Gasteiger partial charge in [-0.1, -0.05) is 30.7 Å². The topological polar surface area (TPSA) is 32.7 Å². The molecule has 0 radical (unpaired) electrons. The molecular formula is C20H25NO2. The van der Waals surface area contributed by atoms with Crippen molar-refractivity contribution in [3.63, 3.8) is 0 Å². The van der Waals surface area contributed by atoms with Gasteiger partial charge in [-0.25, -0.2) is 0 Å². The zero-order chi connectivity index (χ0) is 16.2. The van der Waals surface area contributed by atoms with Crippen molar-refractivity contribution in [3.05, 3.63) is 48.0 Å². The summed E-state index contributed by atoms with van der Waals surface area (Å²) in [6.07, 6.45) is 3.97. The molecule has 3 heteroatoms. The van der Waals surface area contributed by atoms with Crippen molar-refractivity contribution in [1.82, 2.24) is 4.90 Å². The largest absolute Gasteiger partial charge is 0.507 e. The van der Waals surface area contributed by atoms with E-state index in [9.17, 15) is 5.11 Å². The molecule has 0 amide bonds. The highest BCUT2D eigenvalue weighted by molar-refractivity contribution is 5.71. The first-order valence-electron chi connectivity index (χ1n) is 8.40. The fourth-order valence-corrected chi connectivity index (χ4v) is 3.33. The summed E-state index contributed by atoms with van der Waals surface area (Å²) in [7, 11) is 1.64. The molecule has 1 aliphatic rings. The number of hydrogen-bond acceptors (Lipinski definition) is 3. The van der Waals surface area contributed by atoms with Gasteiger partial charge in [-0.05, 0) is 62.2 Å². The molecule has 3 rings (SSSR count). The van der Waals surface area contributed by atoms with Crippen LogP contribution in [0.2, 0.25) is 0 Å². The van der Waals surface area contributed by atoms with Crippen LogP contribution in [-0.2, 0) is 0 Å². The fraction of sp³-hybridized carbons (Fsp3) is 0.400. The predicted octanol–water partition coefficient (Wildman–Crippen LogP) is 4.61. The SMILES string of the molecule is COc1ccc(O)c(-c2ccc([C@@H](C)N3CCCCC3)cc2)c1. The van der Waals surface area contributed by atoms with E-state index in [1.165, 1.54) is 37.9 Å². The highest BCUT2D eigenvalue weighted by Gasteiger charge is 2.18. The van der Waals surface area contributed by atoms with Crippen LogP contribution >= 0.6 is 0 Å². The lowest BCUT2D eigenvalue weighted by Crippen LogP contribution is -2.32. The molecule has 1 aliphatic heterocycles. The summed E-state index contributed by atoms with van der Waals surface area (Å²) < 4.78 is 5.25. The van der Waals surface area contributed by atoms with Crippen molar-refractivity contribution >= 4 is 0 Å². The van der Waals surface area contributed by atoms with Crippen LogP contribution in [0.4, 0.5) is 0 Å². The lowest BCUT2D eigenvalue weighted by molar-refractivity contribution is 0.175. The van der Waals surface area contributed by atoms with E-state index in [-0.39, 0.29) is 5.75 Å². The molecule has 0 aliphatic carbocycles. The summed E-state index contributed by atoms with van der Waals surface area (Å²) in [6, 6.07) is 14.3. The first kappa shape index (κ1) is 15.9. The second-order valence-electron chi connectivity index (χ2n) is 6.28. The van der Waals surface area contributed by atoms with Gasteiger partial charge in [0, 0.05) is 11.6 Å². The molecule has 0 spiro atoms. The van der Waals surface area contributed by atoms with Gasteiger partial charge in [-0.2, -0.15) is 0 Å². The summed E-state index contributed by atoms with van der Waals surface area (Å²) in [4.78, 5) is 2.56. The van der Waals surface area contributed by atoms with Crippen molar-refractivity contribution in [2.75, 3.05) is 20.2 Å². The Morgan fingerprint density at radius 2 is 1.70 bits per heavy atom. The van der Waals surface area contributed by atoms with Crippen molar-refractivity contribution in [1.29, 1.82) is 0 Å². The van der Waals surface area contributed by atoms with Gasteiger partial charge in [0.25, 0.3) is 0 Å². The molecule has 1 atom stereocenters. The maximum absolute atomic E-state index is 10.1. The molecule has 0 bridgehead atoms. The third-order valence-electron chi connectivity index (χ3n) is 4.85. The Hall–Kier alpha value is -2.00. The molecule has 1 saturated heterocycles. The van der Waals surface area contributed by atoms with E-state index in [0.717, 1.165) is 16.9 Å². The maximum Gasteiger partial charge on any atom is 0.123 e. The lowest BCUT2D eigenvalue weighted by Gasteiger charge is -2.32. The Morgan fingerprint density at radius 1 is 1.00 bits per heavy atom. The number of likely N-dealkylation sites (tertiary alicyclic amines) is 1. The smallest absolute Gasteiger partial charge is 0.123 e. The van der Waals surface area contributed by atoms with Crippen LogP contribution in [0.1, 0.15) is 37.8 Å². The van der Waals surface area contributed by atoms with Gasteiger partial charge in [0.1, 0.15) is 11.5 Å². The molecule has 23 heavy (non-hydrogen) atoms. The number of piperidine rings is 1. The van der Waals surface area contributed by atoms with E-state index in [0.29, 0.717) is 6.04 Å². The van der Waals surface area contributed by atoms with Crippen LogP contribution in [0.5, 0.6) is 11.5 Å². The molecule has 1 heterocycles. The van der Waals surface area contributed by atoms with Crippen LogP contribution < -0.4 is 4.74 Å². The highest BCUT2D eigenvalue weighted by atomic mass is 16.5. The average molecular weight is 311 g/mol. The summed E-state index contributed by atoms with van der Waals surface area (Å²) >= 11 is 0. The minimum atomic E-state index is 0.280. The van der Waals surface area contributed by atoms with Gasteiger partial charge in [-0.3, -0.25) is 4.90 Å². The van der Waals surface area contributed by atoms with Crippen molar-refractivity contribution in [3.8, 4) is 22.6 Å². The molecular weight excluding hydrogens is 286 g/mol. The number of hydrogen-bond donors (Lipinski definition) is 1. The Bertz CT molecular complexity index is 645. The Kier molecular flexibility index (Phi) is 4.87. The standard InChI is InChI=1S/C20H25NO2/c1-15(21-12-4-3-5-13-21)16-6-8-17(9-7-16)19-14-18(23-2)10-11-20(19)22/h6-11,14-15,22H,3-5,12-13H2,1-2H3/t15-/m1/s1. The Labute approximate surface area is 138 Å². The number of benzene rings is 2. The van der Waals surface area contributed by atoms with E-state index in [1.807, 2.05) is 6.07 Å². The van der Waals surface area contributed by atoms with Crippen molar-refractivity contribution < 1.29 is 9.84 Å². The minimum absolute atomic E-state index is 0.280. The Balaban J connectivity index is 1.81. The molecule has 0 saturated carbocycles. The lowest BCUT2D eigenvalue weighted by atomic mass is 9.98. The van der Waals surface area contributed by atoms with E-state index < -0.39 is 0 Å². The molecule has 2 aromatic rings. The summed E-state index contributed by atoms with van der Waals surface area (Å²) in [5.74, 6) is 1.03. The average Bonchev–Trinajstić information content (AvgIpc) is 2.62. The monoisotopic (exact) mass is 311 g/mol. The van der Waals surface area contributed by atoms with Crippen LogP contribution in [0.25, 0.3) is 11.1 Å². The first-order valence-corrected chi connectivity index (χ1v) is 8.40. The quantitative estimate of drug-likeness (QED) is 0.894. The molecule has 1 fully saturated rings. The van der Waals surface area contributed by atoms with Gasteiger partial charge in [0.15, 0.2) is 0 Å². The van der Waals surface area contributed by atoms with Crippen LogP contribution in [0.15, 0.2) is 42.5 Å². The molecule has 2 aromatic carbocycles. The number of phenolic OH excluding ortho intramolecular Hbond substituents is 1. The maximum atomic E-state index is 10.1. The van der Waals surface area contributed by atoms with E-state index >= 15 is 0 Å².